The third-order valence-electron chi connectivity index (χ3n) is 3.61. The van der Waals surface area contributed by atoms with Crippen LogP contribution in [0.1, 0.15) is 29.6 Å². The maximum atomic E-state index is 12.1. The fraction of sp³-hybridized carbons (Fsp3) is 0.429. The molecule has 0 aromatic heterocycles. The molecule has 2 rings (SSSR count). The Morgan fingerprint density at radius 1 is 1.40 bits per heavy atom. The molecular weight excluding hydrogens is 260 g/mol. The third kappa shape index (κ3) is 2.91. The lowest BCUT2D eigenvalue weighted by Gasteiger charge is -2.16. The number of amides is 1. The van der Waals surface area contributed by atoms with Crippen molar-refractivity contribution in [2.45, 2.75) is 25.3 Å². The van der Waals surface area contributed by atoms with Crippen LogP contribution in [-0.4, -0.2) is 30.1 Å². The van der Waals surface area contributed by atoms with Crippen molar-refractivity contribution in [3.8, 4) is 5.75 Å². The number of anilines is 1. The molecule has 1 aliphatic carbocycles. The number of benzene rings is 1. The summed E-state index contributed by atoms with van der Waals surface area (Å²) in [4.78, 5) is 23.1. The van der Waals surface area contributed by atoms with Crippen molar-refractivity contribution in [2.75, 3.05) is 12.4 Å². The van der Waals surface area contributed by atoms with Crippen LogP contribution in [0.25, 0.3) is 0 Å². The van der Waals surface area contributed by atoms with Crippen LogP contribution >= 0.6 is 0 Å². The van der Waals surface area contributed by atoms with E-state index in [0.29, 0.717) is 5.69 Å². The number of ether oxygens (including phenoxy) is 1. The van der Waals surface area contributed by atoms with Gasteiger partial charge in [0.1, 0.15) is 11.3 Å². The first-order valence-corrected chi connectivity index (χ1v) is 6.50. The van der Waals surface area contributed by atoms with Gasteiger partial charge >= 0.3 is 5.97 Å². The smallest absolute Gasteiger partial charge is 0.339 e. The maximum Gasteiger partial charge on any atom is 0.339 e. The van der Waals surface area contributed by atoms with Gasteiger partial charge in [-0.3, -0.25) is 4.79 Å². The van der Waals surface area contributed by atoms with Gasteiger partial charge in [0.2, 0.25) is 5.91 Å². The Bertz CT molecular complexity index is 530. The second-order valence-electron chi connectivity index (χ2n) is 4.91. The van der Waals surface area contributed by atoms with Crippen molar-refractivity contribution >= 4 is 17.6 Å². The lowest BCUT2D eigenvalue weighted by molar-refractivity contribution is -0.120. The number of carboxylic acid groups (broad SMARTS) is 1. The van der Waals surface area contributed by atoms with Crippen LogP contribution in [0.15, 0.2) is 18.2 Å². The topological polar surface area (TPSA) is 102 Å². The number of nitrogens with one attached hydrogen (secondary N) is 1. The molecule has 20 heavy (non-hydrogen) atoms. The maximum absolute atomic E-state index is 12.1. The van der Waals surface area contributed by atoms with E-state index in [1.807, 2.05) is 0 Å². The number of methoxy groups -OCH3 is 1. The monoisotopic (exact) mass is 278 g/mol. The predicted molar refractivity (Wildman–Crippen MR) is 73.9 cm³/mol. The summed E-state index contributed by atoms with van der Waals surface area (Å²) in [5.74, 6) is -1.16. The van der Waals surface area contributed by atoms with Gasteiger partial charge in [-0.25, -0.2) is 4.79 Å². The number of hydrogen-bond donors (Lipinski definition) is 3. The van der Waals surface area contributed by atoms with Gasteiger partial charge in [0.15, 0.2) is 0 Å². The normalized spacial score (nSPS) is 21.5. The predicted octanol–water partition coefficient (Wildman–Crippen LogP) is 1.46. The van der Waals surface area contributed by atoms with Crippen LogP contribution in [0.2, 0.25) is 0 Å². The SMILES string of the molecule is COc1cc(NC(=O)C2CCCC2N)ccc1C(=O)O. The molecule has 0 aliphatic heterocycles. The molecule has 0 radical (unpaired) electrons. The van der Waals surface area contributed by atoms with Crippen LogP contribution in [0.5, 0.6) is 5.75 Å². The molecule has 1 saturated carbocycles. The molecule has 4 N–H and O–H groups in total. The summed E-state index contributed by atoms with van der Waals surface area (Å²) in [5, 5.41) is 11.8. The van der Waals surface area contributed by atoms with E-state index in [1.165, 1.54) is 19.2 Å². The first-order chi connectivity index (χ1) is 9.52. The highest BCUT2D eigenvalue weighted by Gasteiger charge is 2.30. The first-order valence-electron chi connectivity index (χ1n) is 6.50. The molecular formula is C14H18N2O4. The van der Waals surface area contributed by atoms with E-state index in [-0.39, 0.29) is 29.2 Å². The second kappa shape index (κ2) is 5.92. The number of hydrogen-bond acceptors (Lipinski definition) is 4. The Kier molecular flexibility index (Phi) is 4.24. The van der Waals surface area contributed by atoms with Gasteiger partial charge in [0.25, 0.3) is 0 Å². The minimum absolute atomic E-state index is 0.0584. The van der Waals surface area contributed by atoms with Gasteiger partial charge < -0.3 is 20.9 Å². The Morgan fingerprint density at radius 2 is 2.15 bits per heavy atom. The molecule has 0 heterocycles. The van der Waals surface area contributed by atoms with Gasteiger partial charge in [-0.1, -0.05) is 6.42 Å². The number of rotatable bonds is 4. The Morgan fingerprint density at radius 3 is 2.70 bits per heavy atom. The standard InChI is InChI=1S/C14H18N2O4/c1-20-12-7-8(5-6-10(12)14(18)19)16-13(17)9-3-2-4-11(9)15/h5-7,9,11H,2-4,15H2,1H3,(H,16,17)(H,18,19). The quantitative estimate of drug-likeness (QED) is 0.774. The van der Waals surface area contributed by atoms with Crippen molar-refractivity contribution in [3.05, 3.63) is 23.8 Å². The van der Waals surface area contributed by atoms with E-state index in [0.717, 1.165) is 19.3 Å². The Hall–Kier alpha value is -2.08. The van der Waals surface area contributed by atoms with Crippen LogP contribution < -0.4 is 15.8 Å². The molecule has 1 amide bonds. The van der Waals surface area contributed by atoms with Crippen LogP contribution in [0, 0.1) is 5.92 Å². The van der Waals surface area contributed by atoms with Gasteiger partial charge in [-0.15, -0.1) is 0 Å². The van der Waals surface area contributed by atoms with Crippen LogP contribution in [0.3, 0.4) is 0 Å². The summed E-state index contributed by atoms with van der Waals surface area (Å²) in [5.41, 5.74) is 6.46. The van der Waals surface area contributed by atoms with E-state index >= 15 is 0 Å². The summed E-state index contributed by atoms with van der Waals surface area (Å²) in [6.45, 7) is 0. The molecule has 1 fully saturated rings. The molecule has 2 atom stereocenters. The summed E-state index contributed by atoms with van der Waals surface area (Å²) in [6, 6.07) is 4.35. The molecule has 2 unspecified atom stereocenters. The molecule has 6 nitrogen and oxygen atoms in total. The van der Waals surface area contributed by atoms with E-state index < -0.39 is 5.97 Å². The minimum Gasteiger partial charge on any atom is -0.496 e. The third-order valence-corrected chi connectivity index (χ3v) is 3.61. The van der Waals surface area contributed by atoms with Gasteiger partial charge in [0, 0.05) is 17.8 Å². The van der Waals surface area contributed by atoms with E-state index in [1.54, 1.807) is 6.07 Å². The molecule has 108 valence electrons. The fourth-order valence-corrected chi connectivity index (χ4v) is 2.49. The number of nitrogens with two attached hydrogens (primary N) is 1. The average molecular weight is 278 g/mol. The Labute approximate surface area is 116 Å². The zero-order chi connectivity index (χ0) is 14.7. The molecule has 0 saturated heterocycles. The molecule has 0 bridgehead atoms. The summed E-state index contributed by atoms with van der Waals surface area (Å²) in [7, 11) is 1.39. The van der Waals surface area contributed by atoms with Crippen molar-refractivity contribution in [3.63, 3.8) is 0 Å². The Balaban J connectivity index is 2.13. The van der Waals surface area contributed by atoms with Gasteiger partial charge in [-0.05, 0) is 25.0 Å². The van der Waals surface area contributed by atoms with Crippen molar-refractivity contribution in [1.82, 2.24) is 0 Å². The molecule has 1 aromatic rings. The second-order valence-corrected chi connectivity index (χ2v) is 4.91. The van der Waals surface area contributed by atoms with Gasteiger partial charge in [0.05, 0.1) is 13.0 Å². The number of aromatic carboxylic acids is 1. The van der Waals surface area contributed by atoms with Crippen molar-refractivity contribution < 1.29 is 19.4 Å². The van der Waals surface area contributed by atoms with Crippen LogP contribution in [-0.2, 0) is 4.79 Å². The molecule has 6 heteroatoms. The summed E-state index contributed by atoms with van der Waals surface area (Å²) >= 11 is 0. The van der Waals surface area contributed by atoms with Crippen LogP contribution in [0.4, 0.5) is 5.69 Å². The fourth-order valence-electron chi connectivity index (χ4n) is 2.49. The average Bonchev–Trinajstić information content (AvgIpc) is 2.84. The van der Waals surface area contributed by atoms with Crippen molar-refractivity contribution in [2.24, 2.45) is 11.7 Å². The summed E-state index contributed by atoms with van der Waals surface area (Å²) < 4.78 is 5.02. The van der Waals surface area contributed by atoms with E-state index in [2.05, 4.69) is 5.32 Å². The highest BCUT2D eigenvalue weighted by molar-refractivity contribution is 5.95. The lowest BCUT2D eigenvalue weighted by atomic mass is 10.0. The van der Waals surface area contributed by atoms with Crippen molar-refractivity contribution in [1.29, 1.82) is 0 Å². The largest absolute Gasteiger partial charge is 0.496 e. The van der Waals surface area contributed by atoms with Gasteiger partial charge in [-0.2, -0.15) is 0 Å². The zero-order valence-electron chi connectivity index (χ0n) is 11.3. The zero-order valence-corrected chi connectivity index (χ0v) is 11.3. The highest BCUT2D eigenvalue weighted by atomic mass is 16.5. The minimum atomic E-state index is -1.07. The molecule has 1 aromatic carbocycles. The number of carboxylic acids is 1. The molecule has 0 spiro atoms. The highest BCUT2D eigenvalue weighted by Crippen LogP contribution is 2.27. The first kappa shape index (κ1) is 14.3. The van der Waals surface area contributed by atoms with E-state index in [4.69, 9.17) is 15.6 Å². The van der Waals surface area contributed by atoms with E-state index in [9.17, 15) is 9.59 Å². The number of carbonyl (C=O) groups is 2. The molecule has 1 aliphatic rings. The lowest BCUT2D eigenvalue weighted by Crippen LogP contribution is -2.34. The number of carbonyl (C=O) groups excluding carboxylic acids is 1. The summed E-state index contributed by atoms with van der Waals surface area (Å²) in [6.07, 6.45) is 2.61.